The van der Waals surface area contributed by atoms with E-state index in [4.69, 9.17) is 9.84 Å². The molecule has 1 rings (SSSR count). The summed E-state index contributed by atoms with van der Waals surface area (Å²) in [7, 11) is 1.47. The number of ether oxygens (including phenoxy) is 1. The van der Waals surface area contributed by atoms with Gasteiger partial charge in [-0.05, 0) is 0 Å². The lowest BCUT2D eigenvalue weighted by atomic mass is 10.2. The van der Waals surface area contributed by atoms with Crippen LogP contribution in [-0.4, -0.2) is 58.6 Å². The number of aromatic amines is 1. The number of H-pyrrole nitrogens is 1. The fourth-order valence-corrected chi connectivity index (χ4v) is 1.35. The van der Waals surface area contributed by atoms with Crippen LogP contribution in [-0.2, 0) is 16.0 Å². The summed E-state index contributed by atoms with van der Waals surface area (Å²) in [6.45, 7) is 0.590. The molecular formula is C10H17N5O4. The molecule has 9 nitrogen and oxygen atoms in total. The van der Waals surface area contributed by atoms with Crippen molar-refractivity contribution in [3.63, 3.8) is 0 Å². The molecule has 0 aliphatic carbocycles. The van der Waals surface area contributed by atoms with Crippen molar-refractivity contribution in [1.82, 2.24) is 25.8 Å². The highest BCUT2D eigenvalue weighted by molar-refractivity contribution is 5.82. The lowest BCUT2D eigenvalue weighted by Gasteiger charge is -2.14. The van der Waals surface area contributed by atoms with E-state index in [1.807, 2.05) is 0 Å². The highest BCUT2D eigenvalue weighted by atomic mass is 16.5. The number of carboxylic acids is 1. The lowest BCUT2D eigenvalue weighted by Crippen LogP contribution is -2.46. The van der Waals surface area contributed by atoms with Crippen molar-refractivity contribution in [3.8, 4) is 0 Å². The fraction of sp³-hybridized carbons (Fsp3) is 0.600. The number of rotatable bonds is 8. The molecule has 4 N–H and O–H groups in total. The molecule has 1 aromatic heterocycles. The number of carbonyl (C=O) groups is 2. The number of nitrogens with one attached hydrogen (secondary N) is 3. The average molecular weight is 271 g/mol. The molecule has 0 aromatic carbocycles. The highest BCUT2D eigenvalue weighted by Crippen LogP contribution is 1.93. The molecular weight excluding hydrogens is 254 g/mol. The molecule has 106 valence electrons. The number of hydrogen-bond acceptors (Lipinski definition) is 5. The van der Waals surface area contributed by atoms with Gasteiger partial charge in [-0.25, -0.2) is 14.6 Å². The first kappa shape index (κ1) is 14.9. The maximum Gasteiger partial charge on any atom is 0.326 e. The van der Waals surface area contributed by atoms with E-state index >= 15 is 0 Å². The molecule has 19 heavy (non-hydrogen) atoms. The lowest BCUT2D eigenvalue weighted by molar-refractivity contribution is -0.139. The zero-order chi connectivity index (χ0) is 14.1. The van der Waals surface area contributed by atoms with Gasteiger partial charge in [0.25, 0.3) is 0 Å². The van der Waals surface area contributed by atoms with Crippen LogP contribution >= 0.6 is 0 Å². The first-order valence-corrected chi connectivity index (χ1v) is 5.74. The Kier molecular flexibility index (Phi) is 6.30. The molecule has 0 fully saturated rings. The molecule has 9 heteroatoms. The van der Waals surface area contributed by atoms with E-state index in [0.717, 1.165) is 0 Å². The van der Waals surface area contributed by atoms with Crippen LogP contribution in [0.3, 0.4) is 0 Å². The standard InChI is InChI=1S/C10H17N5O4/c1-19-5-3-7(9(16)17)14-10(18)11-4-2-8-12-6-13-15-8/h6-7H,2-5H2,1H3,(H,16,17)(H2,11,14,18)(H,12,13,15). The number of carbonyl (C=O) groups excluding carboxylic acids is 1. The molecule has 0 aliphatic rings. The quantitative estimate of drug-likeness (QED) is 0.486. The van der Waals surface area contributed by atoms with Gasteiger partial charge in [0.05, 0.1) is 0 Å². The first-order chi connectivity index (χ1) is 9.13. The van der Waals surface area contributed by atoms with Crippen LogP contribution in [0.15, 0.2) is 6.33 Å². The normalized spacial score (nSPS) is 11.8. The first-order valence-electron chi connectivity index (χ1n) is 5.74. The molecule has 0 aliphatic heterocycles. The van der Waals surface area contributed by atoms with Gasteiger partial charge in [-0.1, -0.05) is 0 Å². The Bertz CT molecular complexity index is 395. The number of hydrogen-bond donors (Lipinski definition) is 4. The molecule has 0 radical (unpaired) electrons. The summed E-state index contributed by atoms with van der Waals surface area (Å²) in [6, 6.07) is -1.51. The number of nitrogens with zero attached hydrogens (tertiary/aromatic N) is 2. The summed E-state index contributed by atoms with van der Waals surface area (Å²) in [5.74, 6) is -0.447. The Hall–Kier alpha value is -2.16. The zero-order valence-corrected chi connectivity index (χ0v) is 10.5. The van der Waals surface area contributed by atoms with Gasteiger partial charge in [0.2, 0.25) is 0 Å². The molecule has 2 amide bonds. The molecule has 1 heterocycles. The second-order valence-corrected chi connectivity index (χ2v) is 3.75. The Morgan fingerprint density at radius 2 is 2.37 bits per heavy atom. The summed E-state index contributed by atoms with van der Waals surface area (Å²) in [5, 5.41) is 20.1. The van der Waals surface area contributed by atoms with E-state index in [0.29, 0.717) is 18.8 Å². The molecule has 0 spiro atoms. The maximum atomic E-state index is 11.5. The van der Waals surface area contributed by atoms with E-state index in [-0.39, 0.29) is 13.0 Å². The molecule has 1 aromatic rings. The molecule has 0 bridgehead atoms. The number of amides is 2. The topological polar surface area (TPSA) is 129 Å². The molecule has 0 saturated heterocycles. The van der Waals surface area contributed by atoms with Crippen LogP contribution in [0.1, 0.15) is 12.2 Å². The second kappa shape index (κ2) is 8.03. The smallest absolute Gasteiger partial charge is 0.326 e. The van der Waals surface area contributed by atoms with Gasteiger partial charge in [-0.15, -0.1) is 0 Å². The Balaban J connectivity index is 2.25. The van der Waals surface area contributed by atoms with Gasteiger partial charge in [-0.2, -0.15) is 5.10 Å². The van der Waals surface area contributed by atoms with Gasteiger partial charge in [0.15, 0.2) is 0 Å². The highest BCUT2D eigenvalue weighted by Gasteiger charge is 2.19. The summed E-state index contributed by atoms with van der Waals surface area (Å²) >= 11 is 0. The fourth-order valence-electron chi connectivity index (χ4n) is 1.35. The van der Waals surface area contributed by atoms with Gasteiger partial charge >= 0.3 is 12.0 Å². The van der Waals surface area contributed by atoms with Crippen molar-refractivity contribution >= 4 is 12.0 Å². The largest absolute Gasteiger partial charge is 0.480 e. The van der Waals surface area contributed by atoms with Crippen molar-refractivity contribution in [1.29, 1.82) is 0 Å². The van der Waals surface area contributed by atoms with Crippen molar-refractivity contribution in [3.05, 3.63) is 12.2 Å². The van der Waals surface area contributed by atoms with E-state index in [1.165, 1.54) is 13.4 Å². The van der Waals surface area contributed by atoms with Crippen molar-refractivity contribution < 1.29 is 19.4 Å². The van der Waals surface area contributed by atoms with Crippen LogP contribution in [0.5, 0.6) is 0 Å². The van der Waals surface area contributed by atoms with Crippen LogP contribution in [0, 0.1) is 0 Å². The minimum Gasteiger partial charge on any atom is -0.480 e. The van der Waals surface area contributed by atoms with Gasteiger partial charge in [-0.3, -0.25) is 5.10 Å². The minimum absolute atomic E-state index is 0.210. The third kappa shape index (κ3) is 5.82. The van der Waals surface area contributed by atoms with E-state index in [2.05, 4.69) is 25.8 Å². The molecule has 0 saturated carbocycles. The summed E-state index contributed by atoms with van der Waals surface area (Å²) in [6.07, 6.45) is 2.07. The third-order valence-electron chi connectivity index (χ3n) is 2.33. The zero-order valence-electron chi connectivity index (χ0n) is 10.5. The average Bonchev–Trinajstić information content (AvgIpc) is 2.87. The summed E-state index contributed by atoms with van der Waals surface area (Å²) < 4.78 is 4.78. The molecule has 1 unspecified atom stereocenters. The van der Waals surface area contributed by atoms with E-state index in [9.17, 15) is 9.59 Å². The SMILES string of the molecule is COCCC(NC(=O)NCCc1ncn[nH]1)C(=O)O. The Labute approximate surface area is 109 Å². The number of aromatic nitrogens is 3. The second-order valence-electron chi connectivity index (χ2n) is 3.75. The number of carboxylic acid groups (broad SMARTS) is 1. The summed E-state index contributed by atoms with van der Waals surface area (Å²) in [5.41, 5.74) is 0. The Morgan fingerprint density at radius 3 is 2.95 bits per heavy atom. The van der Waals surface area contributed by atoms with Gasteiger partial charge in [0, 0.05) is 33.1 Å². The van der Waals surface area contributed by atoms with Crippen LogP contribution in [0.2, 0.25) is 0 Å². The van der Waals surface area contributed by atoms with Gasteiger partial charge < -0.3 is 20.5 Å². The number of methoxy groups -OCH3 is 1. The van der Waals surface area contributed by atoms with Crippen molar-refractivity contribution in [2.45, 2.75) is 18.9 Å². The minimum atomic E-state index is -1.09. The summed E-state index contributed by atoms with van der Waals surface area (Å²) in [4.78, 5) is 26.3. The van der Waals surface area contributed by atoms with E-state index < -0.39 is 18.0 Å². The number of urea groups is 1. The Morgan fingerprint density at radius 1 is 1.58 bits per heavy atom. The maximum absolute atomic E-state index is 11.5. The predicted molar refractivity (Wildman–Crippen MR) is 64.5 cm³/mol. The molecule has 1 atom stereocenters. The third-order valence-corrected chi connectivity index (χ3v) is 2.33. The van der Waals surface area contributed by atoms with Crippen molar-refractivity contribution in [2.75, 3.05) is 20.3 Å². The van der Waals surface area contributed by atoms with Gasteiger partial charge in [0.1, 0.15) is 18.2 Å². The van der Waals surface area contributed by atoms with E-state index in [1.54, 1.807) is 0 Å². The predicted octanol–water partition coefficient (Wildman–Crippen LogP) is -0.864. The van der Waals surface area contributed by atoms with Crippen LogP contribution in [0.25, 0.3) is 0 Å². The van der Waals surface area contributed by atoms with Crippen LogP contribution in [0.4, 0.5) is 4.79 Å². The number of aliphatic carboxylic acids is 1. The van der Waals surface area contributed by atoms with Crippen LogP contribution < -0.4 is 10.6 Å². The van der Waals surface area contributed by atoms with Crippen molar-refractivity contribution in [2.24, 2.45) is 0 Å². The monoisotopic (exact) mass is 271 g/mol.